The van der Waals surface area contributed by atoms with E-state index in [0.717, 1.165) is 31.7 Å². The van der Waals surface area contributed by atoms with Gasteiger partial charge in [-0.1, -0.05) is 18.2 Å². The molecule has 0 saturated carbocycles. The van der Waals surface area contributed by atoms with Crippen molar-refractivity contribution in [2.24, 2.45) is 0 Å². The molecule has 2 aliphatic heterocycles. The van der Waals surface area contributed by atoms with E-state index in [9.17, 15) is 9.59 Å². The number of hydrogen-bond acceptors (Lipinski definition) is 5. The fraction of sp³-hybridized carbons (Fsp3) is 0.444. The number of nitrogens with zero attached hydrogens (tertiary/aromatic N) is 5. The van der Waals surface area contributed by atoms with Crippen LogP contribution in [0.5, 0.6) is 0 Å². The Bertz CT molecular complexity index is 783. The molecule has 0 unspecified atom stereocenters. The zero-order chi connectivity index (χ0) is 17.9. The van der Waals surface area contributed by atoms with E-state index >= 15 is 0 Å². The van der Waals surface area contributed by atoms with Crippen LogP contribution in [-0.2, 0) is 17.8 Å². The summed E-state index contributed by atoms with van der Waals surface area (Å²) >= 11 is 0. The van der Waals surface area contributed by atoms with Crippen LogP contribution in [-0.4, -0.2) is 75.1 Å². The second-order valence-electron chi connectivity index (χ2n) is 6.71. The Balaban J connectivity index is 1.30. The van der Waals surface area contributed by atoms with Gasteiger partial charge in [-0.2, -0.15) is 5.10 Å². The lowest BCUT2D eigenvalue weighted by atomic mass is 9.94. The zero-order valence-electron chi connectivity index (χ0n) is 14.5. The summed E-state index contributed by atoms with van der Waals surface area (Å²) in [5.74, 6) is -0.138. The molecule has 3 heterocycles. The first-order valence-electron chi connectivity index (χ1n) is 8.93. The number of fused-ring (bicyclic) bond motifs is 1. The van der Waals surface area contributed by atoms with Gasteiger partial charge in [0.2, 0.25) is 5.91 Å². The van der Waals surface area contributed by atoms with Gasteiger partial charge in [0.05, 0.1) is 6.54 Å². The average Bonchev–Trinajstić information content (AvgIpc) is 3.20. The molecule has 0 bridgehead atoms. The van der Waals surface area contributed by atoms with Crippen molar-refractivity contribution in [1.82, 2.24) is 29.9 Å². The van der Waals surface area contributed by atoms with Gasteiger partial charge in [0, 0.05) is 44.7 Å². The van der Waals surface area contributed by atoms with Crippen LogP contribution in [0.4, 0.5) is 0 Å². The third-order valence-corrected chi connectivity index (χ3v) is 5.09. The van der Waals surface area contributed by atoms with Gasteiger partial charge in [0.15, 0.2) is 0 Å². The van der Waals surface area contributed by atoms with E-state index in [2.05, 4.69) is 20.3 Å². The molecule has 0 aliphatic carbocycles. The molecule has 1 N–H and O–H groups in total. The van der Waals surface area contributed by atoms with Crippen LogP contribution < -0.4 is 5.32 Å². The molecule has 1 aromatic carbocycles. The highest BCUT2D eigenvalue weighted by Crippen LogP contribution is 2.18. The summed E-state index contributed by atoms with van der Waals surface area (Å²) in [6.07, 6.45) is 3.81. The molecular weight excluding hydrogens is 332 g/mol. The summed E-state index contributed by atoms with van der Waals surface area (Å²) in [7, 11) is 0. The van der Waals surface area contributed by atoms with Crippen molar-refractivity contribution in [3.63, 3.8) is 0 Å². The Labute approximate surface area is 151 Å². The minimum Gasteiger partial charge on any atom is -0.340 e. The standard InChI is InChI=1S/C18H22N6O2/c25-17-15-4-2-1-3-14(15)11-16(21-17)18(26)23-8-5-22(6-9-23)7-10-24-13-19-12-20-24/h1-4,12-13,16H,5-11H2,(H,21,25)/t16-/m0/s1. The van der Waals surface area contributed by atoms with Crippen molar-refractivity contribution in [3.8, 4) is 0 Å². The highest BCUT2D eigenvalue weighted by molar-refractivity contribution is 6.00. The smallest absolute Gasteiger partial charge is 0.252 e. The zero-order valence-corrected chi connectivity index (χ0v) is 14.5. The molecule has 136 valence electrons. The number of benzene rings is 1. The van der Waals surface area contributed by atoms with Crippen LogP contribution in [0.25, 0.3) is 0 Å². The first-order chi connectivity index (χ1) is 12.7. The lowest BCUT2D eigenvalue weighted by Crippen LogP contribution is -2.57. The minimum absolute atomic E-state index is 0.0174. The number of hydrogen-bond donors (Lipinski definition) is 1. The van der Waals surface area contributed by atoms with Crippen molar-refractivity contribution in [3.05, 3.63) is 48.0 Å². The Morgan fingerprint density at radius 1 is 1.15 bits per heavy atom. The Morgan fingerprint density at radius 2 is 1.96 bits per heavy atom. The normalized spacial score (nSPS) is 20.5. The maximum absolute atomic E-state index is 12.8. The molecule has 1 saturated heterocycles. The summed E-state index contributed by atoms with van der Waals surface area (Å²) in [6, 6.07) is 7.03. The summed E-state index contributed by atoms with van der Waals surface area (Å²) in [4.78, 5) is 33.2. The number of aromatic nitrogens is 3. The van der Waals surface area contributed by atoms with Gasteiger partial charge < -0.3 is 10.2 Å². The number of piperazine rings is 1. The van der Waals surface area contributed by atoms with Crippen LogP contribution in [0.2, 0.25) is 0 Å². The number of nitrogens with one attached hydrogen (secondary N) is 1. The predicted molar refractivity (Wildman–Crippen MR) is 94.4 cm³/mol. The van der Waals surface area contributed by atoms with Crippen molar-refractivity contribution in [2.75, 3.05) is 32.7 Å². The summed E-state index contributed by atoms with van der Waals surface area (Å²) in [5.41, 5.74) is 1.62. The van der Waals surface area contributed by atoms with E-state index in [4.69, 9.17) is 0 Å². The molecule has 1 atom stereocenters. The predicted octanol–water partition coefficient (Wildman–Crippen LogP) is -0.223. The second kappa shape index (κ2) is 7.25. The topological polar surface area (TPSA) is 83.4 Å². The van der Waals surface area contributed by atoms with E-state index in [1.54, 1.807) is 12.4 Å². The first kappa shape index (κ1) is 16.7. The summed E-state index contributed by atoms with van der Waals surface area (Å²) in [6.45, 7) is 4.71. The highest BCUT2D eigenvalue weighted by atomic mass is 16.2. The number of amides is 2. The molecule has 8 nitrogen and oxygen atoms in total. The molecular formula is C18H22N6O2. The molecule has 4 rings (SSSR count). The first-order valence-corrected chi connectivity index (χ1v) is 8.93. The Hall–Kier alpha value is -2.74. The lowest BCUT2D eigenvalue weighted by molar-refractivity contribution is -0.135. The van der Waals surface area contributed by atoms with E-state index in [1.807, 2.05) is 27.8 Å². The largest absolute Gasteiger partial charge is 0.340 e. The quantitative estimate of drug-likeness (QED) is 0.821. The SMILES string of the molecule is O=C1N[C@H](C(=O)N2CCN(CCn3cncn3)CC2)Cc2ccccc21. The Kier molecular flexibility index (Phi) is 4.66. The van der Waals surface area contributed by atoms with Crippen LogP contribution in [0.3, 0.4) is 0 Å². The Morgan fingerprint density at radius 3 is 2.73 bits per heavy atom. The van der Waals surface area contributed by atoms with Gasteiger partial charge in [-0.15, -0.1) is 0 Å². The lowest BCUT2D eigenvalue weighted by Gasteiger charge is -2.37. The maximum atomic E-state index is 12.8. The van der Waals surface area contributed by atoms with Gasteiger partial charge in [-0.25, -0.2) is 4.98 Å². The van der Waals surface area contributed by atoms with Gasteiger partial charge >= 0.3 is 0 Å². The highest BCUT2D eigenvalue weighted by Gasteiger charge is 2.32. The van der Waals surface area contributed by atoms with Crippen LogP contribution >= 0.6 is 0 Å². The van der Waals surface area contributed by atoms with E-state index in [-0.39, 0.29) is 11.8 Å². The van der Waals surface area contributed by atoms with Gasteiger partial charge in [0.1, 0.15) is 18.7 Å². The molecule has 2 aromatic rings. The van der Waals surface area contributed by atoms with Crippen LogP contribution in [0.1, 0.15) is 15.9 Å². The average molecular weight is 354 g/mol. The molecule has 2 amide bonds. The van der Waals surface area contributed by atoms with Gasteiger partial charge in [-0.05, 0) is 11.6 Å². The third kappa shape index (κ3) is 3.45. The van der Waals surface area contributed by atoms with Crippen molar-refractivity contribution < 1.29 is 9.59 Å². The summed E-state index contributed by atoms with van der Waals surface area (Å²) in [5, 5.41) is 6.97. The van der Waals surface area contributed by atoms with Crippen molar-refractivity contribution >= 4 is 11.8 Å². The molecule has 2 aliphatic rings. The van der Waals surface area contributed by atoms with Gasteiger partial charge in [-0.3, -0.25) is 19.2 Å². The monoisotopic (exact) mass is 354 g/mol. The number of rotatable bonds is 4. The molecule has 0 spiro atoms. The number of carbonyl (C=O) groups is 2. The number of carbonyl (C=O) groups excluding carboxylic acids is 2. The van der Waals surface area contributed by atoms with E-state index < -0.39 is 6.04 Å². The molecule has 1 aromatic heterocycles. The van der Waals surface area contributed by atoms with Crippen molar-refractivity contribution in [2.45, 2.75) is 19.0 Å². The van der Waals surface area contributed by atoms with E-state index in [0.29, 0.717) is 25.1 Å². The van der Waals surface area contributed by atoms with Crippen LogP contribution in [0.15, 0.2) is 36.9 Å². The third-order valence-electron chi connectivity index (χ3n) is 5.09. The minimum atomic E-state index is -0.459. The van der Waals surface area contributed by atoms with Gasteiger partial charge in [0.25, 0.3) is 5.91 Å². The molecule has 8 heteroatoms. The molecule has 26 heavy (non-hydrogen) atoms. The fourth-order valence-electron chi connectivity index (χ4n) is 3.58. The van der Waals surface area contributed by atoms with Crippen molar-refractivity contribution in [1.29, 1.82) is 0 Å². The molecule has 0 radical (unpaired) electrons. The molecule has 1 fully saturated rings. The summed E-state index contributed by atoms with van der Waals surface area (Å²) < 4.78 is 1.81. The van der Waals surface area contributed by atoms with Crippen LogP contribution in [0, 0.1) is 0 Å². The fourth-order valence-corrected chi connectivity index (χ4v) is 3.58. The second-order valence-corrected chi connectivity index (χ2v) is 6.71. The van der Waals surface area contributed by atoms with E-state index in [1.165, 1.54) is 6.33 Å². The maximum Gasteiger partial charge on any atom is 0.252 e.